The molecule has 0 aliphatic carbocycles. The summed E-state index contributed by atoms with van der Waals surface area (Å²) in [5.41, 5.74) is 1.80. The Morgan fingerprint density at radius 2 is 2.11 bits per heavy atom. The first-order chi connectivity index (χ1) is 9.10. The molecule has 0 bridgehead atoms. The maximum absolute atomic E-state index is 11.6. The maximum Gasteiger partial charge on any atom is 0.305 e. The highest BCUT2D eigenvalue weighted by Gasteiger charge is 2.28. The van der Waals surface area contributed by atoms with Gasteiger partial charge in [-0.25, -0.2) is 0 Å². The number of ether oxygens (including phenoxy) is 1. The zero-order valence-electron chi connectivity index (χ0n) is 10.8. The summed E-state index contributed by atoms with van der Waals surface area (Å²) in [6, 6.07) is 7.44. The highest BCUT2D eigenvalue weighted by atomic mass is 16.5. The number of hydrogen-bond donors (Lipinski definition) is 1. The standard InChI is InChI=1S/C14H17NO4/c1-19-14(18)7-4-10-2-5-11(6-3-10)15-9-12(16)8-13(15)17/h2-3,5-6,12,16H,4,7-9H2,1H3. The molecule has 0 aromatic heterocycles. The second-order valence-electron chi connectivity index (χ2n) is 4.60. The van der Waals surface area contributed by atoms with Crippen LogP contribution in [0.15, 0.2) is 24.3 Å². The van der Waals surface area contributed by atoms with Gasteiger partial charge in [-0.3, -0.25) is 9.59 Å². The number of β-amino-alcohol motifs (C(OH)–C–C–N with tert-alkyl or cyclic N) is 1. The molecule has 1 aliphatic rings. The molecule has 1 unspecified atom stereocenters. The molecule has 0 spiro atoms. The molecule has 2 rings (SSSR count). The highest BCUT2D eigenvalue weighted by Crippen LogP contribution is 2.22. The first-order valence-electron chi connectivity index (χ1n) is 6.24. The van der Waals surface area contributed by atoms with Gasteiger partial charge in [0.2, 0.25) is 5.91 Å². The van der Waals surface area contributed by atoms with Gasteiger partial charge in [-0.1, -0.05) is 12.1 Å². The van der Waals surface area contributed by atoms with Crippen LogP contribution in [0.2, 0.25) is 0 Å². The largest absolute Gasteiger partial charge is 0.469 e. The Bertz CT molecular complexity index is 469. The molecule has 1 atom stereocenters. The van der Waals surface area contributed by atoms with Crippen molar-refractivity contribution in [3.63, 3.8) is 0 Å². The third kappa shape index (κ3) is 3.32. The molecule has 1 aromatic carbocycles. The molecule has 1 fully saturated rings. The zero-order valence-corrected chi connectivity index (χ0v) is 10.8. The number of carbonyl (C=O) groups is 2. The van der Waals surface area contributed by atoms with Crippen LogP contribution in [0.1, 0.15) is 18.4 Å². The quantitative estimate of drug-likeness (QED) is 0.819. The molecule has 5 nitrogen and oxygen atoms in total. The van der Waals surface area contributed by atoms with Crippen molar-refractivity contribution in [1.82, 2.24) is 0 Å². The van der Waals surface area contributed by atoms with E-state index in [4.69, 9.17) is 0 Å². The van der Waals surface area contributed by atoms with Crippen LogP contribution < -0.4 is 4.90 Å². The number of rotatable bonds is 4. The first-order valence-corrected chi connectivity index (χ1v) is 6.24. The van der Waals surface area contributed by atoms with Crippen molar-refractivity contribution in [3.05, 3.63) is 29.8 Å². The normalized spacial score (nSPS) is 18.7. The van der Waals surface area contributed by atoms with Crippen LogP contribution in [0.25, 0.3) is 0 Å². The van der Waals surface area contributed by atoms with Crippen molar-refractivity contribution in [3.8, 4) is 0 Å². The topological polar surface area (TPSA) is 66.8 Å². The third-order valence-electron chi connectivity index (χ3n) is 3.20. The number of esters is 1. The molecule has 0 saturated carbocycles. The molecule has 1 N–H and O–H groups in total. The molecular formula is C14H17NO4. The second kappa shape index (κ2) is 5.84. The van der Waals surface area contributed by atoms with E-state index in [0.29, 0.717) is 19.4 Å². The predicted molar refractivity (Wildman–Crippen MR) is 69.8 cm³/mol. The van der Waals surface area contributed by atoms with Crippen molar-refractivity contribution in [1.29, 1.82) is 0 Å². The third-order valence-corrected chi connectivity index (χ3v) is 3.20. The van der Waals surface area contributed by atoms with E-state index in [1.807, 2.05) is 24.3 Å². The van der Waals surface area contributed by atoms with E-state index in [0.717, 1.165) is 11.3 Å². The molecule has 1 aromatic rings. The van der Waals surface area contributed by atoms with Crippen LogP contribution >= 0.6 is 0 Å². The molecule has 1 heterocycles. The minimum atomic E-state index is -0.577. The number of amides is 1. The van der Waals surface area contributed by atoms with Crippen molar-refractivity contribution >= 4 is 17.6 Å². The van der Waals surface area contributed by atoms with Gasteiger partial charge in [-0.15, -0.1) is 0 Å². The van der Waals surface area contributed by atoms with Crippen LogP contribution in [0.4, 0.5) is 5.69 Å². The van der Waals surface area contributed by atoms with Crippen LogP contribution in [0, 0.1) is 0 Å². The van der Waals surface area contributed by atoms with Crippen LogP contribution in [-0.2, 0) is 20.7 Å². The van der Waals surface area contributed by atoms with Gasteiger partial charge >= 0.3 is 5.97 Å². The lowest BCUT2D eigenvalue weighted by molar-refractivity contribution is -0.140. The Hall–Kier alpha value is -1.88. The highest BCUT2D eigenvalue weighted by molar-refractivity contribution is 5.96. The fourth-order valence-corrected chi connectivity index (χ4v) is 2.13. The molecule has 1 saturated heterocycles. The molecule has 1 aliphatic heterocycles. The van der Waals surface area contributed by atoms with E-state index >= 15 is 0 Å². The number of aliphatic hydroxyl groups excluding tert-OH is 1. The number of anilines is 1. The van der Waals surface area contributed by atoms with Crippen molar-refractivity contribution in [2.45, 2.75) is 25.4 Å². The maximum atomic E-state index is 11.6. The summed E-state index contributed by atoms with van der Waals surface area (Å²) in [6.45, 7) is 0.348. The Kier molecular flexibility index (Phi) is 4.16. The van der Waals surface area contributed by atoms with Crippen LogP contribution in [0.5, 0.6) is 0 Å². The smallest absolute Gasteiger partial charge is 0.305 e. The summed E-state index contributed by atoms with van der Waals surface area (Å²) in [6.07, 6.45) is 0.566. The van der Waals surface area contributed by atoms with Gasteiger partial charge in [-0.05, 0) is 24.1 Å². The van der Waals surface area contributed by atoms with E-state index in [1.54, 1.807) is 4.90 Å². The zero-order chi connectivity index (χ0) is 13.8. The molecule has 5 heteroatoms. The molecular weight excluding hydrogens is 246 g/mol. The number of aryl methyl sites for hydroxylation is 1. The number of hydrogen-bond acceptors (Lipinski definition) is 4. The van der Waals surface area contributed by atoms with Crippen molar-refractivity contribution in [2.75, 3.05) is 18.6 Å². The van der Waals surface area contributed by atoms with Gasteiger partial charge in [0, 0.05) is 12.1 Å². The van der Waals surface area contributed by atoms with Crippen molar-refractivity contribution < 1.29 is 19.4 Å². The van der Waals surface area contributed by atoms with E-state index in [2.05, 4.69) is 4.74 Å². The SMILES string of the molecule is COC(=O)CCc1ccc(N2CC(O)CC2=O)cc1. The molecule has 19 heavy (non-hydrogen) atoms. The number of benzene rings is 1. The average molecular weight is 263 g/mol. The van der Waals surface area contributed by atoms with Gasteiger partial charge in [0.1, 0.15) is 0 Å². The van der Waals surface area contributed by atoms with E-state index in [-0.39, 0.29) is 18.3 Å². The number of methoxy groups -OCH3 is 1. The Morgan fingerprint density at radius 1 is 1.42 bits per heavy atom. The number of aliphatic hydroxyl groups is 1. The van der Waals surface area contributed by atoms with Crippen molar-refractivity contribution in [2.24, 2.45) is 0 Å². The Morgan fingerprint density at radius 3 is 2.63 bits per heavy atom. The van der Waals surface area contributed by atoms with E-state index in [1.165, 1.54) is 7.11 Å². The second-order valence-corrected chi connectivity index (χ2v) is 4.60. The minimum Gasteiger partial charge on any atom is -0.469 e. The van der Waals surface area contributed by atoms with Gasteiger partial charge in [0.05, 0.1) is 26.2 Å². The monoisotopic (exact) mass is 263 g/mol. The lowest BCUT2D eigenvalue weighted by Crippen LogP contribution is -2.25. The van der Waals surface area contributed by atoms with E-state index in [9.17, 15) is 14.7 Å². The first kappa shape index (κ1) is 13.5. The van der Waals surface area contributed by atoms with Gasteiger partial charge < -0.3 is 14.7 Å². The lowest BCUT2D eigenvalue weighted by atomic mass is 10.1. The van der Waals surface area contributed by atoms with Gasteiger partial charge in [0.15, 0.2) is 0 Å². The van der Waals surface area contributed by atoms with Crippen LogP contribution in [-0.4, -0.2) is 36.7 Å². The Balaban J connectivity index is 1.98. The summed E-state index contributed by atoms with van der Waals surface area (Å²) in [4.78, 5) is 24.2. The fraction of sp³-hybridized carbons (Fsp3) is 0.429. The average Bonchev–Trinajstić information content (AvgIpc) is 2.75. The predicted octanol–water partition coefficient (Wildman–Crippen LogP) is 0.890. The molecule has 0 radical (unpaired) electrons. The summed E-state index contributed by atoms with van der Waals surface area (Å²) < 4.78 is 4.58. The van der Waals surface area contributed by atoms with Gasteiger partial charge in [0.25, 0.3) is 0 Å². The molecule has 1 amide bonds. The summed E-state index contributed by atoms with van der Waals surface area (Å²) >= 11 is 0. The number of carbonyl (C=O) groups excluding carboxylic acids is 2. The van der Waals surface area contributed by atoms with Crippen LogP contribution in [0.3, 0.4) is 0 Å². The molecule has 102 valence electrons. The van der Waals surface area contributed by atoms with E-state index < -0.39 is 6.10 Å². The summed E-state index contributed by atoms with van der Waals surface area (Å²) in [7, 11) is 1.37. The summed E-state index contributed by atoms with van der Waals surface area (Å²) in [5.74, 6) is -0.295. The fourth-order valence-electron chi connectivity index (χ4n) is 2.13. The lowest BCUT2D eigenvalue weighted by Gasteiger charge is -2.16. The Labute approximate surface area is 111 Å². The number of nitrogens with zero attached hydrogens (tertiary/aromatic N) is 1. The van der Waals surface area contributed by atoms with Gasteiger partial charge in [-0.2, -0.15) is 0 Å². The summed E-state index contributed by atoms with van der Waals surface area (Å²) in [5, 5.41) is 9.44. The minimum absolute atomic E-state index is 0.0604.